The van der Waals surface area contributed by atoms with Crippen LogP contribution in [-0.4, -0.2) is 9.97 Å². The number of thiazole rings is 2. The lowest BCUT2D eigenvalue weighted by Gasteiger charge is -2.24. The summed E-state index contributed by atoms with van der Waals surface area (Å²) in [6.07, 6.45) is 0. The Balaban J connectivity index is 1.17. The molecule has 9 rings (SSSR count). The third-order valence-electron chi connectivity index (χ3n) is 9.16. The number of benzene rings is 7. The summed E-state index contributed by atoms with van der Waals surface area (Å²) in [6, 6.07) is 48.4. The predicted molar refractivity (Wildman–Crippen MR) is 216 cm³/mol. The van der Waals surface area contributed by atoms with Gasteiger partial charge in [-0.3, -0.25) is 9.80 Å². The third kappa shape index (κ3) is 5.56. The first-order chi connectivity index (χ1) is 24.3. The zero-order chi connectivity index (χ0) is 33.9. The minimum Gasteiger partial charge on any atom is -0.286 e. The Morgan fingerprint density at radius 1 is 0.380 bits per heavy atom. The Morgan fingerprint density at radius 3 is 1.18 bits per heavy atom. The third-order valence-corrected chi connectivity index (χ3v) is 11.2. The highest BCUT2D eigenvalue weighted by Crippen LogP contribution is 2.43. The summed E-state index contributed by atoms with van der Waals surface area (Å²) in [6.45, 7) is 8.63. The molecule has 0 aliphatic heterocycles. The van der Waals surface area contributed by atoms with Gasteiger partial charge in [0.15, 0.2) is 10.3 Å². The first-order valence-electron chi connectivity index (χ1n) is 16.8. The second-order valence-electron chi connectivity index (χ2n) is 13.2. The van der Waals surface area contributed by atoms with Crippen molar-refractivity contribution in [2.24, 2.45) is 0 Å². The standard InChI is InChI=1S/C44H34N4S2/c1-27-17-28(2)20-37(19-27)47(43-45-39-9-5-7-11-41(39)49-43)35-15-13-31-24-34-26-36(16-14-32(34)23-33(31)25-35)48(38-21-29(3)18-30(4)22-38)44-46-40-10-6-8-12-42(40)50-44/h5-26H,1-4H3. The number of hydrogen-bond donors (Lipinski definition) is 0. The zero-order valence-electron chi connectivity index (χ0n) is 28.3. The molecular weight excluding hydrogens is 649 g/mol. The molecule has 242 valence electrons. The molecular formula is C44H34N4S2. The van der Waals surface area contributed by atoms with Gasteiger partial charge in [-0.2, -0.15) is 0 Å². The summed E-state index contributed by atoms with van der Waals surface area (Å²) in [5.41, 5.74) is 11.4. The second-order valence-corrected chi connectivity index (χ2v) is 15.2. The lowest BCUT2D eigenvalue weighted by Crippen LogP contribution is -2.10. The van der Waals surface area contributed by atoms with Gasteiger partial charge in [0.05, 0.1) is 20.4 Å². The smallest absolute Gasteiger partial charge is 0.195 e. The van der Waals surface area contributed by atoms with Gasteiger partial charge in [-0.15, -0.1) is 0 Å². The molecule has 7 aromatic carbocycles. The number of fused-ring (bicyclic) bond motifs is 4. The molecule has 0 atom stereocenters. The van der Waals surface area contributed by atoms with Crippen molar-refractivity contribution >= 4 is 97.7 Å². The average Bonchev–Trinajstić information content (AvgIpc) is 3.71. The number of nitrogens with zero attached hydrogens (tertiary/aromatic N) is 4. The largest absolute Gasteiger partial charge is 0.286 e. The molecule has 0 saturated carbocycles. The van der Waals surface area contributed by atoms with Crippen LogP contribution < -0.4 is 9.80 Å². The normalized spacial score (nSPS) is 11.6. The number of aryl methyl sites for hydroxylation is 4. The Bertz CT molecular complexity index is 2440. The predicted octanol–water partition coefficient (Wildman–Crippen LogP) is 13.4. The average molecular weight is 683 g/mol. The molecule has 9 aromatic rings. The summed E-state index contributed by atoms with van der Waals surface area (Å²) < 4.78 is 2.36. The van der Waals surface area contributed by atoms with Gasteiger partial charge in [0, 0.05) is 22.7 Å². The molecule has 0 unspecified atom stereocenters. The van der Waals surface area contributed by atoms with E-state index >= 15 is 0 Å². The second kappa shape index (κ2) is 12.1. The highest BCUT2D eigenvalue weighted by atomic mass is 32.1. The van der Waals surface area contributed by atoms with Crippen LogP contribution in [0.1, 0.15) is 22.3 Å². The molecule has 50 heavy (non-hydrogen) atoms. The molecule has 2 heterocycles. The van der Waals surface area contributed by atoms with Crippen molar-refractivity contribution in [1.29, 1.82) is 0 Å². The first kappa shape index (κ1) is 30.5. The van der Waals surface area contributed by atoms with Crippen LogP contribution in [0.5, 0.6) is 0 Å². The molecule has 0 saturated heterocycles. The Kier molecular flexibility index (Phi) is 7.37. The van der Waals surface area contributed by atoms with E-state index in [1.54, 1.807) is 22.7 Å². The maximum Gasteiger partial charge on any atom is 0.195 e. The molecule has 0 aliphatic rings. The van der Waals surface area contributed by atoms with Crippen molar-refractivity contribution in [1.82, 2.24) is 9.97 Å². The molecule has 2 aromatic heterocycles. The van der Waals surface area contributed by atoms with Gasteiger partial charge < -0.3 is 0 Å². The van der Waals surface area contributed by atoms with E-state index in [0.717, 1.165) is 44.0 Å². The number of hydrogen-bond acceptors (Lipinski definition) is 6. The maximum atomic E-state index is 5.09. The van der Waals surface area contributed by atoms with Crippen molar-refractivity contribution in [3.63, 3.8) is 0 Å². The Labute approximate surface area is 299 Å². The fourth-order valence-electron chi connectivity index (χ4n) is 7.06. The van der Waals surface area contributed by atoms with Crippen LogP contribution in [0.3, 0.4) is 0 Å². The zero-order valence-corrected chi connectivity index (χ0v) is 29.9. The fourth-order valence-corrected chi connectivity index (χ4v) is 9.08. The number of anilines is 6. The van der Waals surface area contributed by atoms with E-state index in [2.05, 4.69) is 171 Å². The molecule has 6 heteroatoms. The molecule has 0 radical (unpaired) electrons. The summed E-state index contributed by atoms with van der Waals surface area (Å²) in [5.74, 6) is 0. The maximum absolute atomic E-state index is 5.09. The topological polar surface area (TPSA) is 32.3 Å². The number of aromatic nitrogens is 2. The Hall–Kier alpha value is -5.56. The highest BCUT2D eigenvalue weighted by molar-refractivity contribution is 7.22. The summed E-state index contributed by atoms with van der Waals surface area (Å²) >= 11 is 3.45. The number of para-hydroxylation sites is 2. The van der Waals surface area contributed by atoms with Crippen molar-refractivity contribution in [3.05, 3.63) is 156 Å². The van der Waals surface area contributed by atoms with E-state index < -0.39 is 0 Å². The first-order valence-corrected chi connectivity index (χ1v) is 18.4. The van der Waals surface area contributed by atoms with Gasteiger partial charge >= 0.3 is 0 Å². The fraction of sp³-hybridized carbons (Fsp3) is 0.0909. The van der Waals surface area contributed by atoms with Gasteiger partial charge in [0.2, 0.25) is 0 Å². The van der Waals surface area contributed by atoms with Crippen LogP contribution in [0.4, 0.5) is 33.0 Å². The molecule has 0 fully saturated rings. The molecule has 0 N–H and O–H groups in total. The minimum atomic E-state index is 0.960. The molecule has 0 amide bonds. The Morgan fingerprint density at radius 2 is 0.780 bits per heavy atom. The van der Waals surface area contributed by atoms with Crippen molar-refractivity contribution in [3.8, 4) is 0 Å². The summed E-state index contributed by atoms with van der Waals surface area (Å²) in [5, 5.41) is 6.69. The highest BCUT2D eigenvalue weighted by Gasteiger charge is 2.20. The summed E-state index contributed by atoms with van der Waals surface area (Å²) in [7, 11) is 0. The van der Waals surface area contributed by atoms with Crippen LogP contribution in [0.25, 0.3) is 42.0 Å². The van der Waals surface area contributed by atoms with E-state index in [0.29, 0.717) is 0 Å². The SMILES string of the molecule is Cc1cc(C)cc(N(c2ccc3cc4cc(N(c5cc(C)cc(C)c5)c5nc6ccccc6s5)ccc4cc3c2)c2nc3ccccc3s2)c1. The van der Waals surface area contributed by atoms with Gasteiger partial charge in [0.1, 0.15) is 0 Å². The van der Waals surface area contributed by atoms with Gasteiger partial charge in [-0.1, -0.05) is 71.2 Å². The lowest BCUT2D eigenvalue weighted by molar-refractivity contribution is 1.23. The monoisotopic (exact) mass is 682 g/mol. The van der Waals surface area contributed by atoms with E-state index in [4.69, 9.17) is 9.97 Å². The van der Waals surface area contributed by atoms with Crippen LogP contribution in [0, 0.1) is 27.7 Å². The molecule has 0 aliphatic carbocycles. The molecule has 4 nitrogen and oxygen atoms in total. The van der Waals surface area contributed by atoms with Gasteiger partial charge in [-0.25, -0.2) is 9.97 Å². The van der Waals surface area contributed by atoms with Gasteiger partial charge in [-0.05, 0) is 156 Å². The molecule has 0 bridgehead atoms. The van der Waals surface area contributed by atoms with E-state index in [1.807, 2.05) is 0 Å². The van der Waals surface area contributed by atoms with Crippen molar-refractivity contribution < 1.29 is 0 Å². The van der Waals surface area contributed by atoms with E-state index in [9.17, 15) is 0 Å². The van der Waals surface area contributed by atoms with Crippen molar-refractivity contribution in [2.45, 2.75) is 27.7 Å². The van der Waals surface area contributed by atoms with Crippen LogP contribution in [-0.2, 0) is 0 Å². The van der Waals surface area contributed by atoms with E-state index in [1.165, 1.54) is 53.2 Å². The minimum absolute atomic E-state index is 0.960. The summed E-state index contributed by atoms with van der Waals surface area (Å²) in [4.78, 5) is 14.8. The number of rotatable bonds is 6. The quantitative estimate of drug-likeness (QED) is 0.163. The van der Waals surface area contributed by atoms with E-state index in [-0.39, 0.29) is 0 Å². The van der Waals surface area contributed by atoms with Crippen LogP contribution in [0.2, 0.25) is 0 Å². The van der Waals surface area contributed by atoms with Crippen molar-refractivity contribution in [2.75, 3.05) is 9.80 Å². The lowest BCUT2D eigenvalue weighted by atomic mass is 10.0. The van der Waals surface area contributed by atoms with Gasteiger partial charge in [0.25, 0.3) is 0 Å². The molecule has 0 spiro atoms. The van der Waals surface area contributed by atoms with Crippen LogP contribution >= 0.6 is 22.7 Å². The van der Waals surface area contributed by atoms with Crippen LogP contribution in [0.15, 0.2) is 133 Å².